The fraction of sp³-hybridized carbons (Fsp3) is 0.440. The lowest BCUT2D eigenvalue weighted by molar-refractivity contribution is -0.117. The van der Waals surface area contributed by atoms with Crippen LogP contribution in [0.15, 0.2) is 52.5 Å². The predicted molar refractivity (Wildman–Crippen MR) is 136 cm³/mol. The maximum Gasteiger partial charge on any atom is 0.243 e. The number of rotatable bonds is 6. The van der Waals surface area contributed by atoms with Crippen LogP contribution in [0.25, 0.3) is 11.0 Å². The number of nitrogens with zero attached hydrogens (tertiary/aromatic N) is 4. The first-order valence-electron chi connectivity index (χ1n) is 12.0. The molecule has 2 aliphatic rings. The van der Waals surface area contributed by atoms with E-state index in [0.717, 1.165) is 42.0 Å². The molecule has 9 heteroatoms. The first-order valence-corrected chi connectivity index (χ1v) is 14.3. The van der Waals surface area contributed by atoms with E-state index >= 15 is 0 Å². The maximum absolute atomic E-state index is 13.3. The van der Waals surface area contributed by atoms with Crippen LogP contribution in [-0.2, 0) is 27.8 Å². The molecule has 0 N–H and O–H groups in total. The Hall–Kier alpha value is -2.36. The fourth-order valence-corrected chi connectivity index (χ4v) is 7.48. The summed E-state index contributed by atoms with van der Waals surface area (Å²) in [6.07, 6.45) is 3.76. The molecule has 180 valence electrons. The molecule has 1 atom stereocenters. The molecule has 3 heterocycles. The summed E-state index contributed by atoms with van der Waals surface area (Å²) in [7, 11) is -3.52. The van der Waals surface area contributed by atoms with Crippen molar-refractivity contribution in [3.63, 3.8) is 0 Å². The highest BCUT2D eigenvalue weighted by Crippen LogP contribution is 2.33. The number of hydrogen-bond donors (Lipinski definition) is 0. The zero-order valence-corrected chi connectivity index (χ0v) is 21.2. The van der Waals surface area contributed by atoms with Crippen molar-refractivity contribution in [3.8, 4) is 0 Å². The third-order valence-electron chi connectivity index (χ3n) is 6.74. The lowest BCUT2D eigenvalue weighted by Gasteiger charge is -2.25. The highest BCUT2D eigenvalue weighted by atomic mass is 32.2. The second-order valence-corrected chi connectivity index (χ2v) is 12.1. The highest BCUT2D eigenvalue weighted by molar-refractivity contribution is 8.00. The number of fused-ring (bicyclic) bond motifs is 2. The van der Waals surface area contributed by atoms with Crippen LogP contribution < -0.4 is 4.90 Å². The maximum atomic E-state index is 13.3. The smallest absolute Gasteiger partial charge is 0.243 e. The van der Waals surface area contributed by atoms with Gasteiger partial charge in [0.15, 0.2) is 5.16 Å². The molecule has 2 aromatic carbocycles. The van der Waals surface area contributed by atoms with Gasteiger partial charge in [-0.1, -0.05) is 36.4 Å². The number of thioether (sulfide) groups is 1. The number of benzene rings is 2. The van der Waals surface area contributed by atoms with E-state index in [2.05, 4.69) is 10.6 Å². The Morgan fingerprint density at radius 2 is 1.85 bits per heavy atom. The lowest BCUT2D eigenvalue weighted by atomic mass is 10.2. The number of aryl methyl sites for hydroxylation is 1. The van der Waals surface area contributed by atoms with Crippen molar-refractivity contribution in [2.75, 3.05) is 24.5 Å². The van der Waals surface area contributed by atoms with Gasteiger partial charge in [0.1, 0.15) is 0 Å². The zero-order chi connectivity index (χ0) is 23.9. The van der Waals surface area contributed by atoms with Crippen LogP contribution >= 0.6 is 11.8 Å². The molecule has 0 radical (unpaired) electrons. The molecule has 3 aromatic rings. The first kappa shape index (κ1) is 23.4. The minimum Gasteiger partial charge on any atom is -0.319 e. The van der Waals surface area contributed by atoms with Gasteiger partial charge in [-0.2, -0.15) is 4.31 Å². The summed E-state index contributed by atoms with van der Waals surface area (Å²) in [6, 6.07) is 13.3. The number of para-hydroxylation sites is 1. The van der Waals surface area contributed by atoms with Gasteiger partial charge in [-0.05, 0) is 62.9 Å². The lowest BCUT2D eigenvalue weighted by Crippen LogP contribution is -2.35. The largest absolute Gasteiger partial charge is 0.319 e. The molecule has 0 saturated carbocycles. The number of sulfonamides is 1. The van der Waals surface area contributed by atoms with Crippen LogP contribution in [0.2, 0.25) is 0 Å². The third-order valence-corrected chi connectivity index (χ3v) is 9.71. The molecule has 1 amide bonds. The van der Waals surface area contributed by atoms with Crippen LogP contribution in [0.4, 0.5) is 5.69 Å². The molecule has 1 saturated heterocycles. The Kier molecular flexibility index (Phi) is 6.43. The van der Waals surface area contributed by atoms with Crippen LogP contribution in [0.5, 0.6) is 0 Å². The van der Waals surface area contributed by atoms with Crippen molar-refractivity contribution in [2.24, 2.45) is 0 Å². The Morgan fingerprint density at radius 1 is 1.09 bits per heavy atom. The second kappa shape index (κ2) is 9.36. The first-order chi connectivity index (χ1) is 16.4. The van der Waals surface area contributed by atoms with Crippen molar-refractivity contribution >= 4 is 44.4 Å². The molecular weight excluding hydrogens is 468 g/mol. The molecule has 0 aliphatic carbocycles. The van der Waals surface area contributed by atoms with E-state index in [4.69, 9.17) is 4.98 Å². The molecule has 0 unspecified atom stereocenters. The number of amides is 1. The van der Waals surface area contributed by atoms with Gasteiger partial charge in [-0.25, -0.2) is 13.4 Å². The minimum atomic E-state index is -3.52. The topological polar surface area (TPSA) is 75.5 Å². The van der Waals surface area contributed by atoms with Gasteiger partial charge in [-0.15, -0.1) is 0 Å². The summed E-state index contributed by atoms with van der Waals surface area (Å²) in [4.78, 5) is 20.2. The van der Waals surface area contributed by atoms with Crippen molar-refractivity contribution in [3.05, 3.63) is 48.0 Å². The summed E-state index contributed by atoms with van der Waals surface area (Å²) in [6.45, 7) is 6.48. The molecule has 34 heavy (non-hydrogen) atoms. The van der Waals surface area contributed by atoms with E-state index in [1.165, 1.54) is 17.3 Å². The molecule has 1 aromatic heterocycles. The van der Waals surface area contributed by atoms with Crippen molar-refractivity contribution in [1.82, 2.24) is 13.9 Å². The Morgan fingerprint density at radius 3 is 2.62 bits per heavy atom. The monoisotopic (exact) mass is 498 g/mol. The normalized spacial score (nSPS) is 17.8. The number of aromatic nitrogens is 2. The SMILES string of the molecule is CCn1c(S[C@H](C)C(=O)N2CCc3ccccc32)nc2cc(S(=O)(=O)N3CCCCC3)ccc21. The van der Waals surface area contributed by atoms with Gasteiger partial charge in [0.2, 0.25) is 15.9 Å². The summed E-state index contributed by atoms with van der Waals surface area (Å²) < 4.78 is 29.9. The summed E-state index contributed by atoms with van der Waals surface area (Å²) >= 11 is 1.43. The quantitative estimate of drug-likeness (QED) is 0.474. The van der Waals surface area contributed by atoms with Crippen molar-refractivity contribution < 1.29 is 13.2 Å². The highest BCUT2D eigenvalue weighted by Gasteiger charge is 2.30. The van der Waals surface area contributed by atoms with E-state index in [1.54, 1.807) is 16.4 Å². The third kappa shape index (κ3) is 4.14. The molecule has 2 aliphatic heterocycles. The van der Waals surface area contributed by atoms with Gasteiger partial charge in [-0.3, -0.25) is 4.79 Å². The molecule has 1 fully saturated rings. The number of piperidine rings is 1. The summed E-state index contributed by atoms with van der Waals surface area (Å²) in [5.74, 6) is 0.0676. The van der Waals surface area contributed by atoms with E-state index in [0.29, 0.717) is 31.7 Å². The average Bonchev–Trinajstić information content (AvgIpc) is 3.44. The van der Waals surface area contributed by atoms with Crippen LogP contribution in [0.3, 0.4) is 0 Å². The summed E-state index contributed by atoms with van der Waals surface area (Å²) in [5, 5.41) is 0.420. The van der Waals surface area contributed by atoms with Gasteiger partial charge < -0.3 is 9.47 Å². The summed E-state index contributed by atoms with van der Waals surface area (Å²) in [5.41, 5.74) is 3.73. The standard InChI is InChI=1S/C25H30N4O3S2/c1-3-28-23-12-11-20(34(31,32)27-14-7-4-8-15-27)17-21(23)26-25(28)33-18(2)24(30)29-16-13-19-9-5-6-10-22(19)29/h5-6,9-12,17-18H,3-4,7-8,13-16H2,1-2H3/t18-/m1/s1. The Balaban J connectivity index is 1.41. The van der Waals surface area contributed by atoms with Crippen LogP contribution in [0.1, 0.15) is 38.7 Å². The van der Waals surface area contributed by atoms with Crippen molar-refractivity contribution in [1.29, 1.82) is 0 Å². The molecule has 0 spiro atoms. The Bertz CT molecular complexity index is 1330. The Labute approximate surface area is 205 Å². The number of anilines is 1. The molecular formula is C25H30N4O3S2. The number of carbonyl (C=O) groups excluding carboxylic acids is 1. The van der Waals surface area contributed by atoms with E-state index in [9.17, 15) is 13.2 Å². The van der Waals surface area contributed by atoms with E-state index < -0.39 is 10.0 Å². The van der Waals surface area contributed by atoms with Gasteiger partial charge in [0.05, 0.1) is 21.2 Å². The number of carbonyl (C=O) groups is 1. The predicted octanol–water partition coefficient (Wildman–Crippen LogP) is 4.30. The van der Waals surface area contributed by atoms with Crippen molar-refractivity contribution in [2.45, 2.75) is 61.4 Å². The number of hydrogen-bond acceptors (Lipinski definition) is 5. The number of imidazole rings is 1. The second-order valence-electron chi connectivity index (χ2n) is 8.88. The molecule has 0 bridgehead atoms. The molecule has 7 nitrogen and oxygen atoms in total. The molecule has 5 rings (SSSR count). The van der Waals surface area contributed by atoms with E-state index in [1.807, 2.05) is 43.0 Å². The van der Waals surface area contributed by atoms with Crippen LogP contribution in [-0.4, -0.2) is 53.1 Å². The van der Waals surface area contributed by atoms with Gasteiger partial charge in [0, 0.05) is 31.9 Å². The fourth-order valence-electron chi connectivity index (χ4n) is 4.89. The van der Waals surface area contributed by atoms with E-state index in [-0.39, 0.29) is 16.1 Å². The zero-order valence-electron chi connectivity index (χ0n) is 19.6. The van der Waals surface area contributed by atoms with Gasteiger partial charge >= 0.3 is 0 Å². The average molecular weight is 499 g/mol. The van der Waals surface area contributed by atoms with Gasteiger partial charge in [0.25, 0.3) is 0 Å². The van der Waals surface area contributed by atoms with Crippen LogP contribution in [0, 0.1) is 0 Å². The minimum absolute atomic E-state index is 0.0676.